The molecule has 0 heterocycles. The number of aldehydes is 1. The van der Waals surface area contributed by atoms with Gasteiger partial charge < -0.3 is 10.2 Å². The van der Waals surface area contributed by atoms with Gasteiger partial charge in [-0.25, -0.2) is 0 Å². The molecular weight excluding hydrogens is 228 g/mol. The third kappa shape index (κ3) is 2.79. The van der Waals surface area contributed by atoms with Crippen LogP contribution in [0.1, 0.15) is 34.1 Å². The van der Waals surface area contributed by atoms with Crippen LogP contribution in [-0.4, -0.2) is 28.2 Å². The lowest BCUT2D eigenvalue weighted by molar-refractivity contribution is -0.104. The normalized spacial score (nSPS) is 32.4. The molecule has 2 N–H and O–H groups in total. The second-order valence-electron chi connectivity index (χ2n) is 5.65. The molecule has 0 saturated heterocycles. The van der Waals surface area contributed by atoms with Gasteiger partial charge in [0.15, 0.2) is 0 Å². The molecule has 0 bridgehead atoms. The lowest BCUT2D eigenvalue weighted by Crippen LogP contribution is -2.48. The van der Waals surface area contributed by atoms with Crippen molar-refractivity contribution in [2.75, 3.05) is 0 Å². The highest BCUT2D eigenvalue weighted by Crippen LogP contribution is 2.45. The van der Waals surface area contributed by atoms with E-state index in [0.29, 0.717) is 6.42 Å². The zero-order valence-corrected chi connectivity index (χ0v) is 11.5. The summed E-state index contributed by atoms with van der Waals surface area (Å²) in [6, 6.07) is 0. The monoisotopic (exact) mass is 250 g/mol. The van der Waals surface area contributed by atoms with Crippen LogP contribution in [0.2, 0.25) is 0 Å². The van der Waals surface area contributed by atoms with Gasteiger partial charge in [-0.1, -0.05) is 26.0 Å². The molecule has 1 aliphatic carbocycles. The molecule has 0 amide bonds. The van der Waals surface area contributed by atoms with Gasteiger partial charge in [-0.05, 0) is 43.6 Å². The van der Waals surface area contributed by atoms with E-state index in [-0.39, 0.29) is 0 Å². The second-order valence-corrected chi connectivity index (χ2v) is 5.65. The van der Waals surface area contributed by atoms with Crippen LogP contribution in [0.5, 0.6) is 0 Å². The molecule has 100 valence electrons. The topological polar surface area (TPSA) is 57.5 Å². The van der Waals surface area contributed by atoms with E-state index in [2.05, 4.69) is 0 Å². The van der Waals surface area contributed by atoms with E-state index in [1.54, 1.807) is 25.2 Å². The number of carbonyl (C=O) groups excluding carboxylic acids is 1. The minimum Gasteiger partial charge on any atom is -0.389 e. The first kappa shape index (κ1) is 14.9. The van der Waals surface area contributed by atoms with Gasteiger partial charge in [-0.15, -0.1) is 0 Å². The zero-order chi connectivity index (χ0) is 14.0. The van der Waals surface area contributed by atoms with Crippen molar-refractivity contribution in [2.24, 2.45) is 5.41 Å². The average molecular weight is 250 g/mol. The summed E-state index contributed by atoms with van der Waals surface area (Å²) in [5.74, 6) is 0. The number of allylic oxidation sites excluding steroid dienone is 3. The molecule has 0 radical (unpaired) electrons. The molecule has 2 atom stereocenters. The molecule has 1 aliphatic rings. The number of aliphatic hydroxyl groups excluding tert-OH is 1. The van der Waals surface area contributed by atoms with Gasteiger partial charge in [0.2, 0.25) is 0 Å². The molecule has 0 aromatic rings. The molecule has 0 unspecified atom stereocenters. The highest BCUT2D eigenvalue weighted by molar-refractivity contribution is 5.67. The lowest BCUT2D eigenvalue weighted by atomic mass is 9.64. The van der Waals surface area contributed by atoms with Gasteiger partial charge in [-0.3, -0.25) is 4.79 Å². The van der Waals surface area contributed by atoms with Crippen LogP contribution in [0.15, 0.2) is 35.5 Å². The molecule has 0 aromatic carbocycles. The summed E-state index contributed by atoms with van der Waals surface area (Å²) < 4.78 is 0. The van der Waals surface area contributed by atoms with Crippen molar-refractivity contribution >= 4 is 6.29 Å². The van der Waals surface area contributed by atoms with Gasteiger partial charge in [0, 0.05) is 5.41 Å². The molecular formula is C15H22O3. The minimum absolute atomic E-state index is 0.455. The molecule has 0 aliphatic heterocycles. The van der Waals surface area contributed by atoms with Crippen molar-refractivity contribution in [2.45, 2.75) is 45.8 Å². The summed E-state index contributed by atoms with van der Waals surface area (Å²) >= 11 is 0. The van der Waals surface area contributed by atoms with Crippen molar-refractivity contribution in [3.63, 3.8) is 0 Å². The predicted molar refractivity (Wildman–Crippen MR) is 72.1 cm³/mol. The van der Waals surface area contributed by atoms with Crippen LogP contribution < -0.4 is 0 Å². The van der Waals surface area contributed by atoms with Crippen LogP contribution in [0.3, 0.4) is 0 Å². The Hall–Kier alpha value is -1.19. The quantitative estimate of drug-likeness (QED) is 0.349. The highest BCUT2D eigenvalue weighted by atomic mass is 16.3. The Balaban J connectivity index is 3.13. The first-order valence-corrected chi connectivity index (χ1v) is 6.13. The Morgan fingerprint density at radius 3 is 2.61 bits per heavy atom. The fourth-order valence-corrected chi connectivity index (χ4v) is 2.46. The summed E-state index contributed by atoms with van der Waals surface area (Å²) in [6.07, 6.45) is 7.30. The fraction of sp³-hybridized carbons (Fsp3) is 0.533. The third-order valence-corrected chi connectivity index (χ3v) is 3.71. The van der Waals surface area contributed by atoms with Crippen molar-refractivity contribution in [3.8, 4) is 0 Å². The summed E-state index contributed by atoms with van der Waals surface area (Å²) in [7, 11) is 0. The van der Waals surface area contributed by atoms with E-state index in [1.807, 2.05) is 20.8 Å². The maximum atomic E-state index is 10.8. The summed E-state index contributed by atoms with van der Waals surface area (Å²) in [6.45, 7) is 7.47. The standard InChI is InChI=1S/C15H22O3/c1-11(6-8-16)5-7-15(18)12(2)9-13(17)10-14(15,3)4/h5-9,13,17-18H,10H2,1-4H3/b7-5+,11-6-/t13-,15-/m1/s1. The van der Waals surface area contributed by atoms with Gasteiger partial charge in [0.05, 0.1) is 6.10 Å². The first-order chi connectivity index (χ1) is 8.23. The highest BCUT2D eigenvalue weighted by Gasteiger charge is 2.46. The van der Waals surface area contributed by atoms with E-state index in [9.17, 15) is 15.0 Å². The van der Waals surface area contributed by atoms with Crippen molar-refractivity contribution in [1.82, 2.24) is 0 Å². The van der Waals surface area contributed by atoms with Gasteiger partial charge in [0.25, 0.3) is 0 Å². The number of hydrogen-bond donors (Lipinski definition) is 2. The average Bonchev–Trinajstić information content (AvgIpc) is 2.23. The van der Waals surface area contributed by atoms with Crippen LogP contribution in [0.25, 0.3) is 0 Å². The third-order valence-electron chi connectivity index (χ3n) is 3.71. The first-order valence-electron chi connectivity index (χ1n) is 6.13. The molecule has 1 rings (SSSR count). The molecule has 0 spiro atoms. The van der Waals surface area contributed by atoms with Gasteiger partial charge >= 0.3 is 0 Å². The van der Waals surface area contributed by atoms with Crippen LogP contribution >= 0.6 is 0 Å². The zero-order valence-electron chi connectivity index (χ0n) is 11.5. The number of hydrogen-bond acceptors (Lipinski definition) is 3. The summed E-state index contributed by atoms with van der Waals surface area (Å²) in [5, 5.41) is 20.6. The Kier molecular flexibility index (Phi) is 4.30. The maximum Gasteiger partial charge on any atom is 0.143 e. The Morgan fingerprint density at radius 1 is 1.50 bits per heavy atom. The van der Waals surface area contributed by atoms with E-state index in [0.717, 1.165) is 17.4 Å². The molecule has 0 aromatic heterocycles. The Morgan fingerprint density at radius 2 is 2.11 bits per heavy atom. The van der Waals surface area contributed by atoms with E-state index in [4.69, 9.17) is 0 Å². The smallest absolute Gasteiger partial charge is 0.143 e. The fourth-order valence-electron chi connectivity index (χ4n) is 2.46. The number of rotatable bonds is 3. The largest absolute Gasteiger partial charge is 0.389 e. The summed E-state index contributed by atoms with van der Waals surface area (Å²) in [5.41, 5.74) is -0.0255. The Labute approximate surface area is 109 Å². The van der Waals surface area contributed by atoms with Crippen LogP contribution in [0.4, 0.5) is 0 Å². The van der Waals surface area contributed by atoms with Gasteiger partial charge in [0.1, 0.15) is 11.9 Å². The van der Waals surface area contributed by atoms with E-state index >= 15 is 0 Å². The van der Waals surface area contributed by atoms with Crippen molar-refractivity contribution < 1.29 is 15.0 Å². The predicted octanol–water partition coefficient (Wildman–Crippen LogP) is 2.16. The van der Waals surface area contributed by atoms with E-state index in [1.165, 1.54) is 6.08 Å². The maximum absolute atomic E-state index is 10.8. The molecule has 18 heavy (non-hydrogen) atoms. The van der Waals surface area contributed by atoms with Gasteiger partial charge in [-0.2, -0.15) is 0 Å². The molecule has 3 heteroatoms. The second kappa shape index (κ2) is 5.21. The molecule has 3 nitrogen and oxygen atoms in total. The summed E-state index contributed by atoms with van der Waals surface area (Å²) in [4.78, 5) is 10.4. The van der Waals surface area contributed by atoms with Crippen LogP contribution in [0, 0.1) is 5.41 Å². The van der Waals surface area contributed by atoms with Crippen LogP contribution in [-0.2, 0) is 4.79 Å². The SMILES string of the molecule is CC1=C[C@@H](O)CC(C)(C)[C@@]1(O)/C=C/C(C)=C\C=O. The minimum atomic E-state index is -1.09. The number of carbonyl (C=O) groups is 1. The van der Waals surface area contributed by atoms with Crippen molar-refractivity contribution in [1.29, 1.82) is 0 Å². The van der Waals surface area contributed by atoms with Crippen molar-refractivity contribution in [3.05, 3.63) is 35.5 Å². The molecule has 0 saturated carbocycles. The van der Waals surface area contributed by atoms with E-state index < -0.39 is 17.1 Å². The Bertz CT molecular complexity index is 415. The molecule has 0 fully saturated rings. The lowest BCUT2D eigenvalue weighted by Gasteiger charge is -2.46. The number of aliphatic hydroxyl groups is 2.